The van der Waals surface area contributed by atoms with Crippen molar-refractivity contribution in [1.29, 1.82) is 0 Å². The molecule has 0 radical (unpaired) electrons. The van der Waals surface area contributed by atoms with E-state index in [0.29, 0.717) is 87.7 Å². The standard InChI is InChI=1S/C25H30N10O3/c1-4-19(36)32-7-9-34(10-8-32)24(37)23-28-20-21(31(23)3)29-25(30-22(20)33-11-13-38-14-12-33)35-16(2)27-17-15-26-6-5-18(17)35/h5-6,15H,4,7-14H2,1-3H3. The lowest BCUT2D eigenvalue weighted by molar-refractivity contribution is -0.132. The zero-order valence-electron chi connectivity index (χ0n) is 21.8. The molecule has 2 amide bonds. The van der Waals surface area contributed by atoms with Crippen molar-refractivity contribution in [3.63, 3.8) is 0 Å². The van der Waals surface area contributed by atoms with Gasteiger partial charge in [0.15, 0.2) is 17.0 Å². The van der Waals surface area contributed by atoms with Crippen molar-refractivity contribution >= 4 is 39.8 Å². The number of hydrogen-bond acceptors (Lipinski definition) is 9. The van der Waals surface area contributed by atoms with E-state index in [1.54, 1.807) is 26.8 Å². The molecule has 4 aromatic rings. The normalized spacial score (nSPS) is 16.6. The Hall–Kier alpha value is -4.13. The quantitative estimate of drug-likeness (QED) is 0.388. The van der Waals surface area contributed by atoms with Crippen LogP contribution in [-0.4, -0.2) is 108 Å². The molecule has 0 spiro atoms. The van der Waals surface area contributed by atoms with E-state index < -0.39 is 0 Å². The van der Waals surface area contributed by atoms with Gasteiger partial charge in [0, 0.05) is 58.9 Å². The minimum absolute atomic E-state index is 0.107. The van der Waals surface area contributed by atoms with Crippen molar-refractivity contribution in [2.45, 2.75) is 20.3 Å². The minimum Gasteiger partial charge on any atom is -0.378 e. The number of hydrogen-bond donors (Lipinski definition) is 0. The summed E-state index contributed by atoms with van der Waals surface area (Å²) < 4.78 is 9.22. The van der Waals surface area contributed by atoms with Crippen LogP contribution in [-0.2, 0) is 16.6 Å². The highest BCUT2D eigenvalue weighted by molar-refractivity contribution is 5.97. The fraction of sp³-hybridized carbons (Fsp3) is 0.480. The van der Waals surface area contributed by atoms with Crippen molar-refractivity contribution in [2.24, 2.45) is 7.05 Å². The maximum absolute atomic E-state index is 13.6. The number of rotatable bonds is 4. The first-order chi connectivity index (χ1) is 18.5. The molecule has 6 rings (SSSR count). The van der Waals surface area contributed by atoms with E-state index in [4.69, 9.17) is 19.7 Å². The van der Waals surface area contributed by atoms with Crippen LogP contribution in [0.15, 0.2) is 18.5 Å². The van der Waals surface area contributed by atoms with Gasteiger partial charge in [-0.25, -0.2) is 9.97 Å². The first kappa shape index (κ1) is 24.2. The average molecular weight is 519 g/mol. The summed E-state index contributed by atoms with van der Waals surface area (Å²) in [5, 5.41) is 0. The molecule has 0 aliphatic carbocycles. The van der Waals surface area contributed by atoms with Crippen LogP contribution in [0.3, 0.4) is 0 Å². The monoisotopic (exact) mass is 518 g/mol. The van der Waals surface area contributed by atoms with E-state index in [2.05, 4.69) is 14.9 Å². The fourth-order valence-electron chi connectivity index (χ4n) is 5.15. The predicted octanol–water partition coefficient (Wildman–Crippen LogP) is 0.937. The Labute approximate surface area is 219 Å². The Morgan fingerprint density at radius 2 is 1.71 bits per heavy atom. The lowest BCUT2D eigenvalue weighted by atomic mass is 10.2. The molecule has 0 N–H and O–H groups in total. The van der Waals surface area contributed by atoms with Crippen LogP contribution in [0.4, 0.5) is 5.82 Å². The average Bonchev–Trinajstić information content (AvgIpc) is 3.48. The summed E-state index contributed by atoms with van der Waals surface area (Å²) in [5.74, 6) is 2.08. The largest absolute Gasteiger partial charge is 0.378 e. The number of carbonyl (C=O) groups is 2. The van der Waals surface area contributed by atoms with Crippen molar-refractivity contribution in [2.75, 3.05) is 57.4 Å². The molecule has 0 aromatic carbocycles. The van der Waals surface area contributed by atoms with Gasteiger partial charge in [-0.3, -0.25) is 19.1 Å². The molecule has 13 heteroatoms. The van der Waals surface area contributed by atoms with E-state index >= 15 is 0 Å². The highest BCUT2D eigenvalue weighted by Crippen LogP contribution is 2.28. The van der Waals surface area contributed by atoms with E-state index in [9.17, 15) is 9.59 Å². The number of morpholine rings is 1. The molecule has 13 nitrogen and oxygen atoms in total. The molecular weight excluding hydrogens is 488 g/mol. The Balaban J connectivity index is 1.44. The van der Waals surface area contributed by atoms with Crippen LogP contribution in [0.5, 0.6) is 0 Å². The van der Waals surface area contributed by atoms with Crippen LogP contribution in [0.25, 0.3) is 28.1 Å². The number of piperazine rings is 1. The highest BCUT2D eigenvalue weighted by atomic mass is 16.5. The molecule has 0 saturated carbocycles. The van der Waals surface area contributed by atoms with E-state index in [1.807, 2.05) is 31.5 Å². The predicted molar refractivity (Wildman–Crippen MR) is 139 cm³/mol. The molecule has 4 aromatic heterocycles. The van der Waals surface area contributed by atoms with Gasteiger partial charge in [-0.05, 0) is 13.0 Å². The number of aryl methyl sites for hydroxylation is 2. The van der Waals surface area contributed by atoms with Crippen LogP contribution < -0.4 is 4.90 Å². The molecular formula is C25H30N10O3. The third kappa shape index (κ3) is 4.02. The Morgan fingerprint density at radius 1 is 0.974 bits per heavy atom. The summed E-state index contributed by atoms with van der Waals surface area (Å²) in [7, 11) is 1.81. The number of amides is 2. The molecule has 0 bridgehead atoms. The zero-order valence-corrected chi connectivity index (χ0v) is 21.8. The number of pyridine rings is 1. The van der Waals surface area contributed by atoms with Gasteiger partial charge in [-0.15, -0.1) is 0 Å². The lowest BCUT2D eigenvalue weighted by Crippen LogP contribution is -2.50. The number of fused-ring (bicyclic) bond motifs is 2. The SMILES string of the molecule is CCC(=O)N1CCN(C(=O)c2nc3c(N4CCOCC4)nc(-n4c(C)nc5cnccc54)nc3n2C)CC1. The number of nitrogens with zero attached hydrogens (tertiary/aromatic N) is 10. The summed E-state index contributed by atoms with van der Waals surface area (Å²) >= 11 is 0. The van der Waals surface area contributed by atoms with Gasteiger partial charge in [0.1, 0.15) is 11.3 Å². The van der Waals surface area contributed by atoms with Gasteiger partial charge in [0.05, 0.1) is 24.9 Å². The molecule has 2 fully saturated rings. The number of imidazole rings is 2. The number of aromatic nitrogens is 7. The third-order valence-corrected chi connectivity index (χ3v) is 7.24. The Bertz CT molecular complexity index is 1530. The summed E-state index contributed by atoms with van der Waals surface area (Å²) in [5.41, 5.74) is 2.74. The molecule has 38 heavy (non-hydrogen) atoms. The van der Waals surface area contributed by atoms with E-state index in [1.165, 1.54) is 0 Å². The third-order valence-electron chi connectivity index (χ3n) is 7.24. The maximum atomic E-state index is 13.6. The van der Waals surface area contributed by atoms with Gasteiger partial charge >= 0.3 is 0 Å². The van der Waals surface area contributed by atoms with Crippen molar-refractivity contribution in [1.82, 2.24) is 43.9 Å². The van der Waals surface area contributed by atoms with Gasteiger partial charge in [-0.2, -0.15) is 9.97 Å². The van der Waals surface area contributed by atoms with Gasteiger partial charge < -0.3 is 24.0 Å². The van der Waals surface area contributed by atoms with E-state index in [0.717, 1.165) is 16.9 Å². The Kier molecular flexibility index (Phi) is 6.14. The molecule has 6 heterocycles. The number of carbonyl (C=O) groups excluding carboxylic acids is 2. The molecule has 198 valence electrons. The fourth-order valence-corrected chi connectivity index (χ4v) is 5.15. The minimum atomic E-state index is -0.182. The summed E-state index contributed by atoms with van der Waals surface area (Å²) in [6.07, 6.45) is 3.90. The second-order valence-electron chi connectivity index (χ2n) is 9.50. The van der Waals surface area contributed by atoms with Crippen molar-refractivity contribution in [3.8, 4) is 5.95 Å². The van der Waals surface area contributed by atoms with E-state index in [-0.39, 0.29) is 11.8 Å². The highest BCUT2D eigenvalue weighted by Gasteiger charge is 2.30. The smallest absolute Gasteiger partial charge is 0.290 e. The first-order valence-electron chi connectivity index (χ1n) is 12.9. The lowest BCUT2D eigenvalue weighted by Gasteiger charge is -2.34. The van der Waals surface area contributed by atoms with Crippen molar-refractivity contribution in [3.05, 3.63) is 30.1 Å². The second kappa shape index (κ2) is 9.63. The summed E-state index contributed by atoms with van der Waals surface area (Å²) in [4.78, 5) is 54.8. The molecule has 0 unspecified atom stereocenters. The van der Waals surface area contributed by atoms with Crippen LogP contribution in [0, 0.1) is 6.92 Å². The molecule has 2 aliphatic rings. The first-order valence-corrected chi connectivity index (χ1v) is 12.9. The topological polar surface area (TPSA) is 127 Å². The van der Waals surface area contributed by atoms with Gasteiger partial charge in [0.25, 0.3) is 5.91 Å². The van der Waals surface area contributed by atoms with Gasteiger partial charge in [-0.1, -0.05) is 6.92 Å². The number of ether oxygens (including phenoxy) is 1. The van der Waals surface area contributed by atoms with Crippen molar-refractivity contribution < 1.29 is 14.3 Å². The molecule has 2 saturated heterocycles. The number of anilines is 1. The second-order valence-corrected chi connectivity index (χ2v) is 9.50. The molecule has 0 atom stereocenters. The van der Waals surface area contributed by atoms with Crippen LogP contribution in [0.1, 0.15) is 29.8 Å². The maximum Gasteiger partial charge on any atom is 0.290 e. The summed E-state index contributed by atoms with van der Waals surface area (Å²) in [6, 6.07) is 1.89. The molecule has 2 aliphatic heterocycles. The van der Waals surface area contributed by atoms with Crippen LogP contribution in [0.2, 0.25) is 0 Å². The van der Waals surface area contributed by atoms with Gasteiger partial charge in [0.2, 0.25) is 17.7 Å². The zero-order chi connectivity index (χ0) is 26.4. The van der Waals surface area contributed by atoms with Crippen LogP contribution >= 0.6 is 0 Å². The summed E-state index contributed by atoms with van der Waals surface area (Å²) in [6.45, 7) is 8.22. The Morgan fingerprint density at radius 3 is 2.45 bits per heavy atom.